The van der Waals surface area contributed by atoms with Crippen LogP contribution in [0.2, 0.25) is 0 Å². The molecule has 2 aliphatic rings. The highest BCUT2D eigenvalue weighted by Crippen LogP contribution is 2.33. The van der Waals surface area contributed by atoms with Crippen molar-refractivity contribution in [3.63, 3.8) is 0 Å². The second-order valence-electron chi connectivity index (χ2n) is 6.46. The van der Waals surface area contributed by atoms with Gasteiger partial charge in [-0.3, -0.25) is 0 Å². The molecule has 2 aromatic rings. The van der Waals surface area contributed by atoms with Gasteiger partial charge in [0, 0.05) is 49.7 Å². The highest BCUT2D eigenvalue weighted by atomic mass is 19.1. The van der Waals surface area contributed by atoms with Crippen LogP contribution < -0.4 is 15.5 Å². The van der Waals surface area contributed by atoms with Crippen molar-refractivity contribution in [1.29, 1.82) is 0 Å². The van der Waals surface area contributed by atoms with Crippen LogP contribution >= 0.6 is 0 Å². The summed E-state index contributed by atoms with van der Waals surface area (Å²) in [5.74, 6) is 0.355. The Morgan fingerprint density at radius 1 is 0.960 bits per heavy atom. The predicted octanol–water partition coefficient (Wildman–Crippen LogP) is 2.30. The highest BCUT2D eigenvalue weighted by molar-refractivity contribution is 5.77. The molecular weight excluding hydrogens is 321 g/mol. The number of ether oxygens (including phenoxy) is 1. The predicted molar refractivity (Wildman–Crippen MR) is 96.3 cm³/mol. The Bertz CT molecular complexity index is 740. The largest absolute Gasteiger partial charge is 0.397 e. The molecule has 25 heavy (non-hydrogen) atoms. The molecule has 1 aromatic heterocycles. The van der Waals surface area contributed by atoms with Crippen molar-refractivity contribution in [3.8, 4) is 11.1 Å². The van der Waals surface area contributed by atoms with Gasteiger partial charge in [0.15, 0.2) is 0 Å². The van der Waals surface area contributed by atoms with Crippen LogP contribution in [0.1, 0.15) is 12.8 Å². The summed E-state index contributed by atoms with van der Waals surface area (Å²) in [6.45, 7) is 4.75. The second kappa shape index (κ2) is 6.84. The smallest absolute Gasteiger partial charge is 0.225 e. The van der Waals surface area contributed by atoms with Gasteiger partial charge < -0.3 is 20.3 Å². The van der Waals surface area contributed by atoms with E-state index in [0.29, 0.717) is 36.0 Å². The zero-order chi connectivity index (χ0) is 17.2. The molecule has 1 aromatic carbocycles. The van der Waals surface area contributed by atoms with Crippen LogP contribution in [0.4, 0.5) is 21.7 Å². The van der Waals surface area contributed by atoms with Crippen molar-refractivity contribution < 1.29 is 9.13 Å². The number of aromatic nitrogens is 2. The molecule has 2 saturated heterocycles. The molecule has 0 saturated carbocycles. The van der Waals surface area contributed by atoms with Gasteiger partial charge in [0.25, 0.3) is 0 Å². The maximum atomic E-state index is 14.7. The molecule has 0 amide bonds. The summed E-state index contributed by atoms with van der Waals surface area (Å²) in [6, 6.07) is 3.22. The number of hydrogen-bond donors (Lipinski definition) is 1. The number of nitrogens with zero attached hydrogens (tertiary/aromatic N) is 4. The Balaban J connectivity index is 1.59. The van der Waals surface area contributed by atoms with Gasteiger partial charge in [-0.15, -0.1) is 0 Å². The van der Waals surface area contributed by atoms with Gasteiger partial charge in [-0.25, -0.2) is 14.4 Å². The van der Waals surface area contributed by atoms with Crippen molar-refractivity contribution in [2.45, 2.75) is 12.8 Å². The van der Waals surface area contributed by atoms with E-state index in [9.17, 15) is 4.39 Å². The van der Waals surface area contributed by atoms with Crippen LogP contribution in [-0.4, -0.2) is 49.4 Å². The zero-order valence-electron chi connectivity index (χ0n) is 14.1. The fourth-order valence-electron chi connectivity index (χ4n) is 3.42. The summed E-state index contributed by atoms with van der Waals surface area (Å²) in [7, 11) is 0. The number of halogens is 1. The molecule has 0 aliphatic carbocycles. The van der Waals surface area contributed by atoms with Gasteiger partial charge in [0.2, 0.25) is 5.95 Å². The monoisotopic (exact) mass is 343 g/mol. The van der Waals surface area contributed by atoms with Crippen LogP contribution in [0, 0.1) is 5.82 Å². The SMILES string of the molecule is Nc1cc(-c2cnc(N3CCOCC3)nc2)c(F)cc1N1CCCC1. The molecule has 0 spiro atoms. The van der Waals surface area contributed by atoms with Gasteiger partial charge in [0.05, 0.1) is 24.6 Å². The summed E-state index contributed by atoms with van der Waals surface area (Å²) < 4.78 is 20.0. The maximum Gasteiger partial charge on any atom is 0.225 e. The van der Waals surface area contributed by atoms with E-state index in [4.69, 9.17) is 10.5 Å². The van der Waals surface area contributed by atoms with Gasteiger partial charge >= 0.3 is 0 Å². The van der Waals surface area contributed by atoms with Crippen LogP contribution in [0.15, 0.2) is 24.5 Å². The third-order valence-corrected chi connectivity index (χ3v) is 4.81. The summed E-state index contributed by atoms with van der Waals surface area (Å²) in [6.07, 6.45) is 5.57. The third-order valence-electron chi connectivity index (χ3n) is 4.81. The second-order valence-corrected chi connectivity index (χ2v) is 6.46. The minimum Gasteiger partial charge on any atom is -0.397 e. The first-order valence-electron chi connectivity index (χ1n) is 8.71. The van der Waals surface area contributed by atoms with Crippen molar-refractivity contribution in [1.82, 2.24) is 9.97 Å². The van der Waals surface area contributed by atoms with Gasteiger partial charge in [-0.2, -0.15) is 0 Å². The molecule has 0 radical (unpaired) electrons. The number of nitrogens with two attached hydrogens (primary N) is 1. The van der Waals surface area contributed by atoms with Crippen LogP contribution in [-0.2, 0) is 4.74 Å². The Kier molecular flexibility index (Phi) is 4.40. The van der Waals surface area contributed by atoms with Crippen molar-refractivity contribution in [2.24, 2.45) is 0 Å². The minimum atomic E-state index is -0.293. The van der Waals surface area contributed by atoms with E-state index < -0.39 is 0 Å². The maximum absolute atomic E-state index is 14.7. The molecular formula is C18H22FN5O. The Morgan fingerprint density at radius 3 is 2.32 bits per heavy atom. The van der Waals surface area contributed by atoms with Crippen molar-refractivity contribution in [2.75, 3.05) is 54.9 Å². The number of hydrogen-bond acceptors (Lipinski definition) is 6. The summed E-state index contributed by atoms with van der Waals surface area (Å²) in [5, 5.41) is 0. The van der Waals surface area contributed by atoms with E-state index in [2.05, 4.69) is 19.8 Å². The van der Waals surface area contributed by atoms with E-state index in [-0.39, 0.29) is 5.82 Å². The number of rotatable bonds is 3. The standard InChI is InChI=1S/C18H22FN5O/c19-15-10-17(23-3-1-2-4-23)16(20)9-14(15)13-11-21-18(22-12-13)24-5-7-25-8-6-24/h9-12H,1-8,20H2. The zero-order valence-corrected chi connectivity index (χ0v) is 14.1. The quantitative estimate of drug-likeness (QED) is 0.863. The number of benzene rings is 1. The molecule has 0 bridgehead atoms. The molecule has 132 valence electrons. The first-order valence-corrected chi connectivity index (χ1v) is 8.71. The van der Waals surface area contributed by atoms with Gasteiger partial charge in [-0.1, -0.05) is 0 Å². The molecule has 4 rings (SSSR count). The van der Waals surface area contributed by atoms with E-state index >= 15 is 0 Å². The Labute approximate surface area is 146 Å². The van der Waals surface area contributed by atoms with E-state index in [1.54, 1.807) is 18.5 Å². The van der Waals surface area contributed by atoms with E-state index in [1.807, 2.05) is 0 Å². The Hall–Kier alpha value is -2.41. The number of anilines is 3. The van der Waals surface area contributed by atoms with Crippen LogP contribution in [0.5, 0.6) is 0 Å². The van der Waals surface area contributed by atoms with Crippen LogP contribution in [0.3, 0.4) is 0 Å². The summed E-state index contributed by atoms with van der Waals surface area (Å²) >= 11 is 0. The van der Waals surface area contributed by atoms with Crippen molar-refractivity contribution in [3.05, 3.63) is 30.3 Å². The first-order chi connectivity index (χ1) is 12.2. The van der Waals surface area contributed by atoms with Gasteiger partial charge in [0.1, 0.15) is 5.82 Å². The highest BCUT2D eigenvalue weighted by Gasteiger charge is 2.19. The van der Waals surface area contributed by atoms with Gasteiger partial charge in [-0.05, 0) is 25.0 Å². The average Bonchev–Trinajstić information content (AvgIpc) is 3.19. The molecule has 0 unspecified atom stereocenters. The number of morpholine rings is 1. The minimum absolute atomic E-state index is 0.293. The lowest BCUT2D eigenvalue weighted by Crippen LogP contribution is -2.37. The number of nitrogen functional groups attached to an aromatic ring is 1. The fraction of sp³-hybridized carbons (Fsp3) is 0.444. The lowest BCUT2D eigenvalue weighted by atomic mass is 10.1. The third kappa shape index (κ3) is 3.24. The summed E-state index contributed by atoms with van der Waals surface area (Å²) in [4.78, 5) is 13.0. The average molecular weight is 343 g/mol. The first kappa shape index (κ1) is 16.1. The normalized spacial score (nSPS) is 18.0. The molecule has 2 aliphatic heterocycles. The summed E-state index contributed by atoms with van der Waals surface area (Å²) in [5.41, 5.74) is 8.63. The molecule has 6 nitrogen and oxygen atoms in total. The van der Waals surface area contributed by atoms with Crippen LogP contribution in [0.25, 0.3) is 11.1 Å². The van der Waals surface area contributed by atoms with Crippen molar-refractivity contribution >= 4 is 17.3 Å². The topological polar surface area (TPSA) is 67.5 Å². The molecule has 3 heterocycles. The molecule has 0 atom stereocenters. The molecule has 2 N–H and O–H groups in total. The van der Waals surface area contributed by atoms with E-state index in [0.717, 1.165) is 44.7 Å². The molecule has 2 fully saturated rings. The lowest BCUT2D eigenvalue weighted by molar-refractivity contribution is 0.122. The Morgan fingerprint density at radius 2 is 1.64 bits per heavy atom. The lowest BCUT2D eigenvalue weighted by Gasteiger charge is -2.26. The molecule has 7 heteroatoms. The van der Waals surface area contributed by atoms with E-state index in [1.165, 1.54) is 6.07 Å². The fourth-order valence-corrected chi connectivity index (χ4v) is 3.42.